The van der Waals surface area contributed by atoms with Gasteiger partial charge in [-0.1, -0.05) is 83.2 Å². The van der Waals surface area contributed by atoms with E-state index in [1.165, 1.54) is 11.1 Å². The minimum Gasteiger partial charge on any atom is -0.493 e. The number of ether oxygens (including phenoxy) is 1. The van der Waals surface area contributed by atoms with Crippen LogP contribution in [0.15, 0.2) is 79.0 Å². The Morgan fingerprint density at radius 1 is 0.946 bits per heavy atom. The first-order chi connectivity index (χ1) is 18.2. The first-order valence-electron chi connectivity index (χ1n) is 13.3. The molecule has 0 spiro atoms. The summed E-state index contributed by atoms with van der Waals surface area (Å²) in [5.41, 5.74) is 7.33. The molecular weight excluding hydrogens is 456 g/mol. The molecule has 0 saturated carbocycles. The maximum absolute atomic E-state index is 12.9. The van der Waals surface area contributed by atoms with E-state index in [2.05, 4.69) is 54.7 Å². The molecule has 4 nitrogen and oxygen atoms in total. The molecule has 2 aliphatic rings. The van der Waals surface area contributed by atoms with Crippen molar-refractivity contribution in [3.05, 3.63) is 114 Å². The number of hydrogen-bond donors (Lipinski definition) is 0. The molecule has 2 aliphatic carbocycles. The van der Waals surface area contributed by atoms with E-state index < -0.39 is 0 Å². The molecule has 0 aliphatic heterocycles. The molecule has 3 aromatic rings. The standard InChI is InChI=1S/C29H26N2O2.2C2H6/c1-3-16-33-28-14-13-23(21-11-12-21)17-24(28)19-31(20(2)32)27-10-7-15-30-29(27)26-18-25(26)22-8-5-4-6-9-22;2*1-2/h4-15,17-18H,3,16,19H2,1-2H3;2*1-2H3. The predicted octanol–water partition coefficient (Wildman–Crippen LogP) is 8.10. The zero-order valence-electron chi connectivity index (χ0n) is 22.9. The minimum absolute atomic E-state index is 0.0317. The lowest BCUT2D eigenvalue weighted by Crippen LogP contribution is -2.29. The van der Waals surface area contributed by atoms with Crippen LogP contribution in [0, 0.1) is 12.3 Å². The smallest absolute Gasteiger partial charge is 0.224 e. The van der Waals surface area contributed by atoms with Gasteiger partial charge in [-0.15, -0.1) is 0 Å². The first kappa shape index (κ1) is 27.9. The Labute approximate surface area is 222 Å². The van der Waals surface area contributed by atoms with Crippen LogP contribution >= 0.6 is 0 Å². The molecule has 1 aromatic heterocycles. The molecule has 37 heavy (non-hydrogen) atoms. The summed E-state index contributed by atoms with van der Waals surface area (Å²) in [6, 6.07) is 20.3. The Bertz CT molecular complexity index is 1240. The number of hydrogen-bond acceptors (Lipinski definition) is 3. The highest BCUT2D eigenvalue weighted by Gasteiger charge is 2.34. The predicted molar refractivity (Wildman–Crippen MR) is 155 cm³/mol. The zero-order chi connectivity index (χ0) is 26.8. The largest absolute Gasteiger partial charge is 0.493 e. The summed E-state index contributed by atoms with van der Waals surface area (Å²) >= 11 is 0. The van der Waals surface area contributed by atoms with E-state index in [9.17, 15) is 4.79 Å². The van der Waals surface area contributed by atoms with Crippen molar-refractivity contribution in [1.29, 1.82) is 0 Å². The van der Waals surface area contributed by atoms with E-state index in [0.717, 1.165) is 46.2 Å². The van der Waals surface area contributed by atoms with Gasteiger partial charge in [0.05, 0.1) is 30.5 Å². The third-order valence-electron chi connectivity index (χ3n) is 5.81. The summed E-state index contributed by atoms with van der Waals surface area (Å²) in [4.78, 5) is 19.3. The van der Waals surface area contributed by atoms with Gasteiger partial charge in [0.1, 0.15) is 5.75 Å². The molecule has 192 valence electrons. The van der Waals surface area contributed by atoms with Crippen molar-refractivity contribution < 1.29 is 9.53 Å². The number of carbonyl (C=O) groups is 1. The van der Waals surface area contributed by atoms with Gasteiger partial charge in [-0.3, -0.25) is 9.78 Å². The number of anilines is 1. The van der Waals surface area contributed by atoms with E-state index in [0.29, 0.717) is 13.2 Å². The van der Waals surface area contributed by atoms with Gasteiger partial charge in [0.2, 0.25) is 5.91 Å². The van der Waals surface area contributed by atoms with Crippen LogP contribution in [0.5, 0.6) is 5.75 Å². The van der Waals surface area contributed by atoms with Gasteiger partial charge >= 0.3 is 0 Å². The second kappa shape index (κ2) is 13.6. The van der Waals surface area contributed by atoms with Crippen molar-refractivity contribution in [3.8, 4) is 5.75 Å². The Morgan fingerprint density at radius 3 is 2.32 bits per heavy atom. The fraction of sp³-hybridized carbons (Fsp3) is 0.273. The number of carbonyl (C=O) groups excluding carboxylic acids is 1. The molecule has 5 rings (SSSR count). The van der Waals surface area contributed by atoms with Crippen molar-refractivity contribution in [3.63, 3.8) is 0 Å². The molecule has 2 radical (unpaired) electrons. The van der Waals surface area contributed by atoms with Crippen molar-refractivity contribution in [2.45, 2.75) is 54.5 Å². The minimum atomic E-state index is -0.0317. The van der Waals surface area contributed by atoms with Crippen LogP contribution in [-0.4, -0.2) is 17.5 Å². The van der Waals surface area contributed by atoms with Gasteiger partial charge < -0.3 is 9.64 Å². The van der Waals surface area contributed by atoms with Crippen molar-refractivity contribution >= 4 is 22.7 Å². The van der Waals surface area contributed by atoms with Crippen molar-refractivity contribution in [2.75, 3.05) is 11.5 Å². The molecule has 1 heterocycles. The summed E-state index contributed by atoms with van der Waals surface area (Å²) in [6.45, 7) is 12.8. The lowest BCUT2D eigenvalue weighted by Gasteiger charge is -2.25. The monoisotopic (exact) mass is 494 g/mol. The molecule has 2 aromatic carbocycles. The van der Waals surface area contributed by atoms with Crippen LogP contribution in [0.4, 0.5) is 5.69 Å². The summed E-state index contributed by atoms with van der Waals surface area (Å²) in [5, 5.41) is 0. The van der Waals surface area contributed by atoms with E-state index in [1.54, 1.807) is 18.0 Å². The zero-order valence-corrected chi connectivity index (χ0v) is 22.9. The van der Waals surface area contributed by atoms with Crippen LogP contribution in [-0.2, 0) is 11.3 Å². The molecule has 0 fully saturated rings. The van der Waals surface area contributed by atoms with Crippen molar-refractivity contribution in [2.24, 2.45) is 0 Å². The normalized spacial score (nSPS) is 13.1. The fourth-order valence-corrected chi connectivity index (χ4v) is 3.99. The molecular formula is C33H38N2O2. The number of rotatable bonds is 9. The molecule has 0 atom stereocenters. The SMILES string of the molecule is CC.CC.CCCOc1ccc(C2=C[CH]2)cc1CN(C(C)=O)c1cccnc1[C]1C=C1c1ccccc1. The Hall–Kier alpha value is -3.66. The van der Waals surface area contributed by atoms with E-state index in [4.69, 9.17) is 4.74 Å². The average molecular weight is 495 g/mol. The molecule has 0 saturated heterocycles. The molecule has 0 N–H and O–H groups in total. The number of allylic oxidation sites excluding steroid dienone is 4. The molecule has 4 heteroatoms. The van der Waals surface area contributed by atoms with Gasteiger partial charge in [0.15, 0.2) is 0 Å². The summed E-state index contributed by atoms with van der Waals surface area (Å²) < 4.78 is 6.02. The first-order valence-corrected chi connectivity index (χ1v) is 13.3. The molecule has 1 amide bonds. The number of nitrogens with zero attached hydrogens (tertiary/aromatic N) is 2. The highest BCUT2D eigenvalue weighted by atomic mass is 16.5. The van der Waals surface area contributed by atoms with Gasteiger partial charge in [-0.05, 0) is 53.0 Å². The maximum Gasteiger partial charge on any atom is 0.224 e. The van der Waals surface area contributed by atoms with Crippen LogP contribution in [0.25, 0.3) is 11.1 Å². The number of pyridine rings is 1. The second-order valence-electron chi connectivity index (χ2n) is 8.27. The summed E-state index contributed by atoms with van der Waals surface area (Å²) in [6.07, 6.45) is 9.02. The number of amides is 1. The summed E-state index contributed by atoms with van der Waals surface area (Å²) in [7, 11) is 0. The van der Waals surface area contributed by atoms with Crippen LogP contribution in [0.1, 0.15) is 70.3 Å². The Kier molecular flexibility index (Phi) is 10.3. The Morgan fingerprint density at radius 2 is 1.68 bits per heavy atom. The van der Waals surface area contributed by atoms with E-state index in [-0.39, 0.29) is 5.91 Å². The third kappa shape index (κ3) is 6.97. The lowest BCUT2D eigenvalue weighted by molar-refractivity contribution is -0.116. The van der Waals surface area contributed by atoms with Crippen LogP contribution in [0.2, 0.25) is 0 Å². The fourth-order valence-electron chi connectivity index (χ4n) is 3.99. The topological polar surface area (TPSA) is 42.4 Å². The third-order valence-corrected chi connectivity index (χ3v) is 5.81. The van der Waals surface area contributed by atoms with Crippen LogP contribution in [0.3, 0.4) is 0 Å². The van der Waals surface area contributed by atoms with E-state index in [1.807, 2.05) is 64.1 Å². The van der Waals surface area contributed by atoms with Gasteiger partial charge in [-0.25, -0.2) is 0 Å². The van der Waals surface area contributed by atoms with Crippen LogP contribution < -0.4 is 9.64 Å². The Balaban J connectivity index is 0.000000907. The second-order valence-corrected chi connectivity index (χ2v) is 8.27. The maximum atomic E-state index is 12.9. The van der Waals surface area contributed by atoms with Gasteiger partial charge in [0.25, 0.3) is 0 Å². The highest BCUT2D eigenvalue weighted by molar-refractivity contribution is 6.01. The van der Waals surface area contributed by atoms with Crippen molar-refractivity contribution in [1.82, 2.24) is 4.98 Å². The number of benzene rings is 2. The van der Waals surface area contributed by atoms with Gasteiger partial charge in [0, 0.05) is 25.1 Å². The number of aromatic nitrogens is 1. The average Bonchev–Trinajstić information content (AvgIpc) is 3.88. The lowest BCUT2D eigenvalue weighted by atomic mass is 10.0. The van der Waals surface area contributed by atoms with Gasteiger partial charge in [-0.2, -0.15) is 0 Å². The molecule has 0 unspecified atom stereocenters. The van der Waals surface area contributed by atoms with E-state index >= 15 is 0 Å². The molecule has 0 bridgehead atoms. The highest BCUT2D eigenvalue weighted by Crippen LogP contribution is 2.47. The summed E-state index contributed by atoms with van der Waals surface area (Å²) in [5.74, 6) is 1.87. The quantitative estimate of drug-likeness (QED) is 0.302.